The first kappa shape index (κ1) is 10.5. The molecule has 0 aliphatic carbocycles. The number of nitrogens with zero attached hydrogens (tertiary/aromatic N) is 3. The molecule has 0 aliphatic heterocycles. The van der Waals surface area contributed by atoms with Crippen LogP contribution in [0.5, 0.6) is 0 Å². The van der Waals surface area contributed by atoms with E-state index in [1.807, 2.05) is 6.26 Å². The molecule has 1 rings (SSSR count). The van der Waals surface area contributed by atoms with Crippen LogP contribution in [-0.2, 0) is 6.54 Å². The Labute approximate surface area is 82.3 Å². The molecule has 74 valence electrons. The van der Waals surface area contributed by atoms with Crippen molar-refractivity contribution in [2.45, 2.75) is 26.0 Å². The molecular weight excluding hydrogens is 186 g/mol. The zero-order valence-corrected chi connectivity index (χ0v) is 8.79. The van der Waals surface area contributed by atoms with Crippen LogP contribution in [0.1, 0.15) is 25.1 Å². The molecule has 0 spiro atoms. The van der Waals surface area contributed by atoms with Crippen LogP contribution in [0.3, 0.4) is 0 Å². The van der Waals surface area contributed by atoms with Crippen LogP contribution in [0, 0.1) is 0 Å². The summed E-state index contributed by atoms with van der Waals surface area (Å²) < 4.78 is 1.76. The van der Waals surface area contributed by atoms with E-state index in [1.54, 1.807) is 22.6 Å². The molecule has 1 aromatic rings. The Balaban J connectivity index is 2.68. The molecule has 1 heterocycles. The van der Waals surface area contributed by atoms with Crippen molar-refractivity contribution < 1.29 is 5.11 Å². The minimum absolute atomic E-state index is 0.448. The zero-order chi connectivity index (χ0) is 9.68. The average molecular weight is 201 g/mol. The lowest BCUT2D eigenvalue weighted by Gasteiger charge is -2.09. The highest BCUT2D eigenvalue weighted by molar-refractivity contribution is 7.98. The van der Waals surface area contributed by atoms with Gasteiger partial charge in [0, 0.05) is 12.3 Å². The molecule has 0 fully saturated rings. The van der Waals surface area contributed by atoms with Crippen LogP contribution in [0.4, 0.5) is 0 Å². The second-order valence-electron chi connectivity index (χ2n) is 2.85. The highest BCUT2D eigenvalue weighted by Crippen LogP contribution is 2.15. The van der Waals surface area contributed by atoms with E-state index in [4.69, 9.17) is 0 Å². The Hall–Kier alpha value is -0.550. The number of aliphatic hydroxyl groups excluding tert-OH is 1. The summed E-state index contributed by atoms with van der Waals surface area (Å²) in [5.74, 6) is 0.692. The third-order valence-corrected chi connectivity index (χ3v) is 2.40. The molecule has 1 N–H and O–H groups in total. The van der Waals surface area contributed by atoms with Crippen molar-refractivity contribution in [1.29, 1.82) is 0 Å². The molecular formula is C8H15N3OS. The van der Waals surface area contributed by atoms with Crippen LogP contribution in [-0.4, -0.2) is 32.1 Å². The third-order valence-electron chi connectivity index (χ3n) is 1.75. The molecule has 0 bridgehead atoms. The fraction of sp³-hybridized carbons (Fsp3) is 0.750. The van der Waals surface area contributed by atoms with Gasteiger partial charge in [-0.05, 0) is 12.7 Å². The van der Waals surface area contributed by atoms with Gasteiger partial charge in [0.25, 0.3) is 0 Å². The Bertz CT molecular complexity index is 251. The normalized spacial score (nSPS) is 13.2. The SMILES string of the molecule is CCCn1nncc1C(O)CSC. The lowest BCUT2D eigenvalue weighted by Crippen LogP contribution is -2.10. The molecule has 0 aromatic carbocycles. The molecule has 0 amide bonds. The number of rotatable bonds is 5. The average Bonchev–Trinajstić information content (AvgIpc) is 2.54. The molecule has 1 aromatic heterocycles. The van der Waals surface area contributed by atoms with E-state index in [9.17, 15) is 5.11 Å². The van der Waals surface area contributed by atoms with Gasteiger partial charge < -0.3 is 5.11 Å². The van der Waals surface area contributed by atoms with Crippen molar-refractivity contribution in [3.05, 3.63) is 11.9 Å². The first-order valence-electron chi connectivity index (χ1n) is 4.35. The van der Waals surface area contributed by atoms with Gasteiger partial charge >= 0.3 is 0 Å². The summed E-state index contributed by atoms with van der Waals surface area (Å²) in [5.41, 5.74) is 0.816. The number of aliphatic hydroxyl groups is 1. The van der Waals surface area contributed by atoms with E-state index in [0.29, 0.717) is 5.75 Å². The lowest BCUT2D eigenvalue weighted by molar-refractivity contribution is 0.191. The Morgan fingerprint density at radius 3 is 3.08 bits per heavy atom. The standard InChI is InChI=1S/C8H15N3OS/c1-3-4-11-7(5-9-10-11)8(12)6-13-2/h5,8,12H,3-4,6H2,1-2H3. The number of hydrogen-bond acceptors (Lipinski definition) is 4. The maximum absolute atomic E-state index is 9.70. The number of aryl methyl sites for hydroxylation is 1. The van der Waals surface area contributed by atoms with Crippen molar-refractivity contribution in [3.8, 4) is 0 Å². The van der Waals surface area contributed by atoms with Crippen molar-refractivity contribution in [3.63, 3.8) is 0 Å². The topological polar surface area (TPSA) is 50.9 Å². The predicted octanol–water partition coefficient (Wildman–Crippen LogP) is 1.08. The lowest BCUT2D eigenvalue weighted by atomic mass is 10.3. The summed E-state index contributed by atoms with van der Waals surface area (Å²) in [5, 5.41) is 17.4. The highest BCUT2D eigenvalue weighted by atomic mass is 32.2. The molecule has 13 heavy (non-hydrogen) atoms. The summed E-state index contributed by atoms with van der Waals surface area (Å²) in [6.45, 7) is 2.90. The molecule has 0 aliphatic rings. The van der Waals surface area contributed by atoms with E-state index in [0.717, 1.165) is 18.7 Å². The largest absolute Gasteiger partial charge is 0.386 e. The van der Waals surface area contributed by atoms with E-state index >= 15 is 0 Å². The van der Waals surface area contributed by atoms with Crippen LogP contribution in [0.2, 0.25) is 0 Å². The number of aromatic nitrogens is 3. The molecule has 0 saturated heterocycles. The van der Waals surface area contributed by atoms with Crippen molar-refractivity contribution in [1.82, 2.24) is 15.0 Å². The highest BCUT2D eigenvalue weighted by Gasteiger charge is 2.12. The maximum atomic E-state index is 9.70. The summed E-state index contributed by atoms with van der Waals surface area (Å²) >= 11 is 1.62. The Morgan fingerprint density at radius 2 is 2.46 bits per heavy atom. The minimum Gasteiger partial charge on any atom is -0.386 e. The van der Waals surface area contributed by atoms with Gasteiger partial charge in [0.2, 0.25) is 0 Å². The van der Waals surface area contributed by atoms with Gasteiger partial charge in [0.1, 0.15) is 6.10 Å². The van der Waals surface area contributed by atoms with Gasteiger partial charge in [0.15, 0.2) is 0 Å². The van der Waals surface area contributed by atoms with Gasteiger partial charge in [-0.15, -0.1) is 5.10 Å². The summed E-state index contributed by atoms with van der Waals surface area (Å²) in [6, 6.07) is 0. The summed E-state index contributed by atoms with van der Waals surface area (Å²) in [4.78, 5) is 0. The van der Waals surface area contributed by atoms with Gasteiger partial charge in [0.05, 0.1) is 11.9 Å². The minimum atomic E-state index is -0.448. The second kappa shape index (κ2) is 5.24. The Kier molecular flexibility index (Phi) is 4.24. The van der Waals surface area contributed by atoms with Crippen LogP contribution in [0.25, 0.3) is 0 Å². The first-order valence-corrected chi connectivity index (χ1v) is 5.74. The van der Waals surface area contributed by atoms with E-state index in [-0.39, 0.29) is 0 Å². The molecule has 0 saturated carbocycles. The van der Waals surface area contributed by atoms with E-state index < -0.39 is 6.10 Å². The first-order chi connectivity index (χ1) is 6.29. The molecule has 1 unspecified atom stereocenters. The Morgan fingerprint density at radius 1 is 1.69 bits per heavy atom. The van der Waals surface area contributed by atoms with E-state index in [1.165, 1.54) is 0 Å². The van der Waals surface area contributed by atoms with Crippen LogP contribution >= 0.6 is 11.8 Å². The summed E-state index contributed by atoms with van der Waals surface area (Å²) in [6.07, 6.45) is 4.16. The van der Waals surface area contributed by atoms with Gasteiger partial charge in [-0.1, -0.05) is 12.1 Å². The third kappa shape index (κ3) is 2.70. The molecule has 5 heteroatoms. The quantitative estimate of drug-likeness (QED) is 0.774. The second-order valence-corrected chi connectivity index (χ2v) is 3.76. The number of hydrogen-bond donors (Lipinski definition) is 1. The number of thioether (sulfide) groups is 1. The summed E-state index contributed by atoms with van der Waals surface area (Å²) in [7, 11) is 0. The fourth-order valence-corrected chi connectivity index (χ4v) is 1.64. The van der Waals surface area contributed by atoms with Gasteiger partial charge in [-0.3, -0.25) is 0 Å². The molecule has 1 atom stereocenters. The zero-order valence-electron chi connectivity index (χ0n) is 7.97. The van der Waals surface area contributed by atoms with Crippen LogP contribution in [0.15, 0.2) is 6.20 Å². The van der Waals surface area contributed by atoms with Gasteiger partial charge in [-0.2, -0.15) is 11.8 Å². The van der Waals surface area contributed by atoms with Gasteiger partial charge in [-0.25, -0.2) is 4.68 Å². The predicted molar refractivity (Wildman–Crippen MR) is 53.7 cm³/mol. The molecule has 4 nitrogen and oxygen atoms in total. The van der Waals surface area contributed by atoms with E-state index in [2.05, 4.69) is 17.2 Å². The maximum Gasteiger partial charge on any atom is 0.106 e. The monoisotopic (exact) mass is 201 g/mol. The van der Waals surface area contributed by atoms with Crippen LogP contribution < -0.4 is 0 Å². The van der Waals surface area contributed by atoms with Crippen molar-refractivity contribution in [2.75, 3.05) is 12.0 Å². The fourth-order valence-electron chi connectivity index (χ4n) is 1.15. The smallest absolute Gasteiger partial charge is 0.106 e. The van der Waals surface area contributed by atoms with Crippen molar-refractivity contribution in [2.24, 2.45) is 0 Å². The van der Waals surface area contributed by atoms with Crippen molar-refractivity contribution >= 4 is 11.8 Å². The molecule has 0 radical (unpaired) electrons.